The van der Waals surface area contributed by atoms with Gasteiger partial charge in [-0.1, -0.05) is 345 Å². The van der Waals surface area contributed by atoms with Crippen molar-refractivity contribution in [3.8, 4) is 0 Å². The van der Waals surface area contributed by atoms with E-state index in [0.29, 0.717) is 19.3 Å². The molecule has 0 amide bonds. The lowest BCUT2D eigenvalue weighted by atomic mass is 10.0. The third-order valence-corrected chi connectivity index (χ3v) is 15.6. The van der Waals surface area contributed by atoms with Gasteiger partial charge in [0.15, 0.2) is 6.10 Å². The van der Waals surface area contributed by atoms with Gasteiger partial charge in [0.2, 0.25) is 0 Å². The molecule has 1 atom stereocenters. The van der Waals surface area contributed by atoms with E-state index in [2.05, 4.69) is 69.4 Å². The second-order valence-corrected chi connectivity index (χ2v) is 23.4. The maximum atomic E-state index is 12.9. The SMILES string of the molecule is CC/C=C\C/C=C\C/C=C\C/C=C\CCCCCCCCCCCCCCCCCCC(=O)OCC(COC(=O)CCCCCCC)OC(=O)CCCCCCCCCCCCCCCCCCCCCCCCCCCC. The van der Waals surface area contributed by atoms with Crippen molar-refractivity contribution in [3.05, 3.63) is 48.6 Å². The molecular weight excluding hydrogens is 961 g/mol. The maximum Gasteiger partial charge on any atom is 0.306 e. The van der Waals surface area contributed by atoms with E-state index in [1.807, 2.05) is 0 Å². The number of allylic oxidation sites excluding steroid dienone is 8. The monoisotopic (exact) mass is 1090 g/mol. The molecule has 0 heterocycles. The highest BCUT2D eigenvalue weighted by atomic mass is 16.6. The quantitative estimate of drug-likeness (QED) is 0.0261. The Hall–Kier alpha value is -2.63. The largest absolute Gasteiger partial charge is 0.462 e. The van der Waals surface area contributed by atoms with E-state index in [9.17, 15) is 14.4 Å². The molecule has 0 bridgehead atoms. The number of carbonyl (C=O) groups excluding carboxylic acids is 3. The van der Waals surface area contributed by atoms with Gasteiger partial charge in [0.25, 0.3) is 0 Å². The predicted octanol–water partition coefficient (Wildman–Crippen LogP) is 23.7. The van der Waals surface area contributed by atoms with Crippen LogP contribution in [0, 0.1) is 0 Å². The van der Waals surface area contributed by atoms with Crippen LogP contribution in [0.15, 0.2) is 48.6 Å². The van der Waals surface area contributed by atoms with Crippen LogP contribution in [0.1, 0.15) is 374 Å². The van der Waals surface area contributed by atoms with E-state index >= 15 is 0 Å². The van der Waals surface area contributed by atoms with Crippen molar-refractivity contribution in [1.82, 2.24) is 0 Å². The van der Waals surface area contributed by atoms with Crippen LogP contribution in [-0.2, 0) is 28.6 Å². The molecule has 0 aliphatic carbocycles. The number of hydrogen-bond acceptors (Lipinski definition) is 6. The zero-order valence-corrected chi connectivity index (χ0v) is 52.5. The fourth-order valence-corrected chi connectivity index (χ4v) is 10.4. The Morgan fingerprint density at radius 1 is 0.269 bits per heavy atom. The summed E-state index contributed by atoms with van der Waals surface area (Å²) in [6.45, 7) is 6.51. The van der Waals surface area contributed by atoms with Crippen LogP contribution < -0.4 is 0 Å². The minimum atomic E-state index is -0.766. The van der Waals surface area contributed by atoms with Crippen LogP contribution in [0.2, 0.25) is 0 Å². The van der Waals surface area contributed by atoms with E-state index in [1.54, 1.807) is 0 Å². The molecule has 0 aromatic rings. The first-order chi connectivity index (χ1) is 38.5. The van der Waals surface area contributed by atoms with E-state index < -0.39 is 6.10 Å². The van der Waals surface area contributed by atoms with E-state index in [4.69, 9.17) is 14.2 Å². The molecule has 0 N–H and O–H groups in total. The summed E-state index contributed by atoms with van der Waals surface area (Å²) in [5.74, 6) is -0.857. The molecule has 0 aromatic carbocycles. The number of rotatable bonds is 64. The Balaban J connectivity index is 3.93. The van der Waals surface area contributed by atoms with Gasteiger partial charge in [-0.2, -0.15) is 0 Å². The van der Waals surface area contributed by atoms with Gasteiger partial charge in [0, 0.05) is 19.3 Å². The first kappa shape index (κ1) is 75.4. The van der Waals surface area contributed by atoms with Crippen molar-refractivity contribution < 1.29 is 28.6 Å². The summed E-state index contributed by atoms with van der Waals surface area (Å²) in [6.07, 6.45) is 84.9. The molecule has 0 saturated heterocycles. The third-order valence-electron chi connectivity index (χ3n) is 15.6. The molecule has 1 unspecified atom stereocenters. The summed E-state index contributed by atoms with van der Waals surface area (Å²) in [5, 5.41) is 0. The molecule has 0 rings (SSSR count). The molecule has 6 nitrogen and oxygen atoms in total. The molecule has 0 radical (unpaired) electrons. The average Bonchev–Trinajstić information content (AvgIpc) is 3.44. The van der Waals surface area contributed by atoms with Crippen molar-refractivity contribution >= 4 is 17.9 Å². The fraction of sp³-hybridized carbons (Fsp3) is 0.847. The molecule has 0 spiro atoms. The average molecular weight is 1090 g/mol. The van der Waals surface area contributed by atoms with E-state index in [0.717, 1.165) is 89.9 Å². The molecule has 6 heteroatoms. The number of unbranched alkanes of at least 4 members (excludes halogenated alkanes) is 45. The predicted molar refractivity (Wildman–Crippen MR) is 339 cm³/mol. The molecule has 0 aromatic heterocycles. The highest BCUT2D eigenvalue weighted by Crippen LogP contribution is 2.19. The van der Waals surface area contributed by atoms with Crippen LogP contribution in [0.5, 0.6) is 0 Å². The Morgan fingerprint density at radius 2 is 0.500 bits per heavy atom. The number of ether oxygens (including phenoxy) is 3. The second kappa shape index (κ2) is 66.9. The topological polar surface area (TPSA) is 78.9 Å². The Bertz CT molecular complexity index is 1350. The Morgan fingerprint density at radius 3 is 0.782 bits per heavy atom. The Labute approximate surface area is 486 Å². The van der Waals surface area contributed by atoms with Crippen LogP contribution in [0.3, 0.4) is 0 Å². The summed E-state index contributed by atoms with van der Waals surface area (Å²) in [4.78, 5) is 38.0. The van der Waals surface area contributed by atoms with Crippen molar-refractivity contribution in [1.29, 1.82) is 0 Å². The summed E-state index contributed by atoms with van der Waals surface area (Å²) in [6, 6.07) is 0. The van der Waals surface area contributed by atoms with Gasteiger partial charge in [-0.05, 0) is 57.8 Å². The number of esters is 3. The Kier molecular flexibility index (Phi) is 64.6. The summed E-state index contributed by atoms with van der Waals surface area (Å²) < 4.78 is 16.8. The lowest BCUT2D eigenvalue weighted by molar-refractivity contribution is -0.167. The minimum absolute atomic E-state index is 0.0678. The van der Waals surface area contributed by atoms with Crippen LogP contribution in [0.25, 0.3) is 0 Å². The van der Waals surface area contributed by atoms with Crippen LogP contribution in [0.4, 0.5) is 0 Å². The zero-order valence-electron chi connectivity index (χ0n) is 52.5. The molecular formula is C72H132O6. The molecule has 0 fully saturated rings. The molecule has 456 valence electrons. The van der Waals surface area contributed by atoms with Crippen molar-refractivity contribution in [2.45, 2.75) is 380 Å². The first-order valence-electron chi connectivity index (χ1n) is 34.6. The highest BCUT2D eigenvalue weighted by molar-refractivity contribution is 5.71. The van der Waals surface area contributed by atoms with Crippen LogP contribution >= 0.6 is 0 Å². The maximum absolute atomic E-state index is 12.9. The van der Waals surface area contributed by atoms with Crippen molar-refractivity contribution in [2.24, 2.45) is 0 Å². The lowest BCUT2D eigenvalue weighted by Crippen LogP contribution is -2.30. The van der Waals surface area contributed by atoms with Gasteiger partial charge in [-0.3, -0.25) is 14.4 Å². The number of hydrogen-bond donors (Lipinski definition) is 0. The highest BCUT2D eigenvalue weighted by Gasteiger charge is 2.19. The van der Waals surface area contributed by atoms with Crippen molar-refractivity contribution in [2.75, 3.05) is 13.2 Å². The summed E-state index contributed by atoms with van der Waals surface area (Å²) in [7, 11) is 0. The second-order valence-electron chi connectivity index (χ2n) is 23.4. The van der Waals surface area contributed by atoms with Gasteiger partial charge in [-0.15, -0.1) is 0 Å². The van der Waals surface area contributed by atoms with Crippen molar-refractivity contribution in [3.63, 3.8) is 0 Å². The van der Waals surface area contributed by atoms with Gasteiger partial charge in [-0.25, -0.2) is 0 Å². The van der Waals surface area contributed by atoms with Gasteiger partial charge >= 0.3 is 17.9 Å². The summed E-state index contributed by atoms with van der Waals surface area (Å²) in [5.41, 5.74) is 0. The summed E-state index contributed by atoms with van der Waals surface area (Å²) >= 11 is 0. The normalized spacial score (nSPS) is 12.3. The smallest absolute Gasteiger partial charge is 0.306 e. The van der Waals surface area contributed by atoms with E-state index in [-0.39, 0.29) is 31.1 Å². The molecule has 0 aliphatic heterocycles. The molecule has 78 heavy (non-hydrogen) atoms. The number of carbonyl (C=O) groups is 3. The zero-order chi connectivity index (χ0) is 56.4. The van der Waals surface area contributed by atoms with Gasteiger partial charge in [0.05, 0.1) is 0 Å². The molecule has 0 aliphatic rings. The lowest BCUT2D eigenvalue weighted by Gasteiger charge is -2.18. The molecule has 0 saturated carbocycles. The first-order valence-corrected chi connectivity index (χ1v) is 34.6. The third kappa shape index (κ3) is 64.2. The standard InChI is InChI=1S/C72H132O6/c1-4-7-10-13-15-17-19-21-23-25-27-29-31-33-35-36-37-39-40-42-44-46-48-50-52-54-56-59-62-65-71(74)77-68-69(67-76-70(73)64-61-58-12-9-6-3)78-72(75)66-63-60-57-55-53-51-49-47-45-43-41-38-34-32-30-28-26-24-22-20-18-16-14-11-8-5-2/h7,10,15,17,21,23,27,29,69H,4-6,8-9,11-14,16,18-20,22,24-26,28,30-68H2,1-3H3/b10-7-,17-15-,23-21-,29-27-. The van der Waals surface area contributed by atoms with E-state index in [1.165, 1.54) is 244 Å². The van der Waals surface area contributed by atoms with Crippen LogP contribution in [-0.4, -0.2) is 37.2 Å². The minimum Gasteiger partial charge on any atom is -0.462 e. The van der Waals surface area contributed by atoms with Gasteiger partial charge in [0.1, 0.15) is 13.2 Å². The van der Waals surface area contributed by atoms with Gasteiger partial charge < -0.3 is 14.2 Å². The fourth-order valence-electron chi connectivity index (χ4n) is 10.4.